The monoisotopic (exact) mass is 487 g/mol. The molecule has 5 rings (SSSR count). The number of Topliss-reactive ketones (excluding diaryl/α,β-unsaturated/α-hetero) is 1. The number of piperidine rings is 2. The van der Waals surface area contributed by atoms with Gasteiger partial charge in [-0.25, -0.2) is 0 Å². The first-order valence-corrected chi connectivity index (χ1v) is 13.8. The van der Waals surface area contributed by atoms with E-state index in [0.29, 0.717) is 18.1 Å². The molecule has 0 unspecified atom stereocenters. The van der Waals surface area contributed by atoms with Gasteiger partial charge in [0.05, 0.1) is 11.9 Å². The van der Waals surface area contributed by atoms with Gasteiger partial charge in [0, 0.05) is 55.3 Å². The highest BCUT2D eigenvalue weighted by Gasteiger charge is 2.25. The lowest BCUT2D eigenvalue weighted by molar-refractivity contribution is -0.123. The van der Waals surface area contributed by atoms with Crippen LogP contribution in [0, 0.1) is 11.8 Å². The molecule has 0 N–H and O–H groups in total. The molecule has 4 heterocycles. The van der Waals surface area contributed by atoms with Crippen molar-refractivity contribution in [2.45, 2.75) is 58.9 Å². The molecule has 2 fully saturated rings. The third kappa shape index (κ3) is 5.87. The Kier molecular flexibility index (Phi) is 7.82. The third-order valence-corrected chi connectivity index (χ3v) is 7.99. The average Bonchev–Trinajstić information content (AvgIpc) is 3.24. The molecule has 0 amide bonds. The van der Waals surface area contributed by atoms with Crippen LogP contribution in [0.3, 0.4) is 0 Å². The first-order chi connectivity index (χ1) is 17.5. The maximum atomic E-state index is 13.1. The third-order valence-electron chi connectivity index (χ3n) is 7.99. The molecule has 6 nitrogen and oxygen atoms in total. The number of carbonyl (C=O) groups excluding carboxylic acids is 1. The van der Waals surface area contributed by atoms with Crippen LogP contribution in [0.4, 0.5) is 0 Å². The summed E-state index contributed by atoms with van der Waals surface area (Å²) in [6, 6.07) is 8.68. The maximum absolute atomic E-state index is 13.1. The van der Waals surface area contributed by atoms with E-state index in [0.717, 1.165) is 55.5 Å². The van der Waals surface area contributed by atoms with E-state index in [1.165, 1.54) is 49.2 Å². The number of benzene rings is 1. The van der Waals surface area contributed by atoms with E-state index in [9.17, 15) is 4.79 Å². The molecular formula is C30H41N5O. The Labute approximate surface area is 215 Å². The van der Waals surface area contributed by atoms with Gasteiger partial charge < -0.3 is 4.90 Å². The van der Waals surface area contributed by atoms with Gasteiger partial charge in [0.25, 0.3) is 0 Å². The average molecular weight is 488 g/mol. The van der Waals surface area contributed by atoms with Gasteiger partial charge in [-0.3, -0.25) is 19.4 Å². The predicted octanol–water partition coefficient (Wildman–Crippen LogP) is 5.10. The zero-order chi connectivity index (χ0) is 25.1. The molecule has 1 aromatic carbocycles. The fourth-order valence-corrected chi connectivity index (χ4v) is 5.95. The SMILES string of the molecule is CC(C)CN1CCC(C(=O)Cc2cc3cc(-c4cnn(C)c4CN4CCCCC4)ccc3cn2)CC1. The van der Waals surface area contributed by atoms with Crippen molar-refractivity contribution in [2.24, 2.45) is 18.9 Å². The Morgan fingerprint density at radius 1 is 0.972 bits per heavy atom. The second-order valence-corrected chi connectivity index (χ2v) is 11.3. The van der Waals surface area contributed by atoms with Crippen molar-refractivity contribution in [3.05, 3.63) is 48.0 Å². The Morgan fingerprint density at radius 2 is 1.75 bits per heavy atom. The zero-order valence-corrected chi connectivity index (χ0v) is 22.2. The van der Waals surface area contributed by atoms with Crippen LogP contribution in [0.15, 0.2) is 36.7 Å². The molecule has 2 aliphatic rings. The fourth-order valence-electron chi connectivity index (χ4n) is 5.95. The van der Waals surface area contributed by atoms with Gasteiger partial charge in [0.15, 0.2) is 0 Å². The van der Waals surface area contributed by atoms with Crippen LogP contribution < -0.4 is 0 Å². The van der Waals surface area contributed by atoms with Gasteiger partial charge in [-0.05, 0) is 80.9 Å². The van der Waals surface area contributed by atoms with E-state index in [-0.39, 0.29) is 5.92 Å². The highest BCUT2D eigenvalue weighted by molar-refractivity contribution is 5.89. The summed E-state index contributed by atoms with van der Waals surface area (Å²) in [5, 5.41) is 6.85. The van der Waals surface area contributed by atoms with Crippen LogP contribution in [0.5, 0.6) is 0 Å². The predicted molar refractivity (Wildman–Crippen MR) is 146 cm³/mol. The molecule has 192 valence electrons. The molecule has 3 aromatic rings. The lowest BCUT2D eigenvalue weighted by atomic mass is 9.89. The van der Waals surface area contributed by atoms with Gasteiger partial charge in [-0.2, -0.15) is 5.10 Å². The molecule has 0 radical (unpaired) electrons. The van der Waals surface area contributed by atoms with Crippen LogP contribution in [0.1, 0.15) is 57.3 Å². The Hall–Kier alpha value is -2.57. The number of nitrogens with zero attached hydrogens (tertiary/aromatic N) is 5. The largest absolute Gasteiger partial charge is 0.303 e. The number of fused-ring (bicyclic) bond motifs is 1. The molecule has 0 aliphatic carbocycles. The summed E-state index contributed by atoms with van der Waals surface area (Å²) >= 11 is 0. The first-order valence-electron chi connectivity index (χ1n) is 13.8. The number of likely N-dealkylation sites (tertiary alicyclic amines) is 2. The van der Waals surface area contributed by atoms with E-state index in [2.05, 4.69) is 58.0 Å². The molecule has 0 atom stereocenters. The van der Waals surface area contributed by atoms with Crippen LogP contribution in [-0.4, -0.2) is 63.1 Å². The van der Waals surface area contributed by atoms with Crippen LogP contribution in [0.25, 0.3) is 21.9 Å². The summed E-state index contributed by atoms with van der Waals surface area (Å²) in [5.41, 5.74) is 4.54. The Bertz CT molecular complexity index is 1190. The summed E-state index contributed by atoms with van der Waals surface area (Å²) < 4.78 is 2.03. The summed E-state index contributed by atoms with van der Waals surface area (Å²) in [5.74, 6) is 1.19. The highest BCUT2D eigenvalue weighted by atomic mass is 16.1. The lowest BCUT2D eigenvalue weighted by Crippen LogP contribution is -2.38. The number of rotatable bonds is 8. The van der Waals surface area contributed by atoms with E-state index >= 15 is 0 Å². The molecule has 0 saturated carbocycles. The van der Waals surface area contributed by atoms with Crippen LogP contribution in [0.2, 0.25) is 0 Å². The van der Waals surface area contributed by atoms with E-state index in [1.54, 1.807) is 0 Å². The molecule has 2 saturated heterocycles. The molecule has 36 heavy (non-hydrogen) atoms. The van der Waals surface area contributed by atoms with Gasteiger partial charge in [-0.15, -0.1) is 0 Å². The molecule has 6 heteroatoms. The zero-order valence-electron chi connectivity index (χ0n) is 22.2. The minimum atomic E-state index is 0.171. The van der Waals surface area contributed by atoms with E-state index in [4.69, 9.17) is 0 Å². The van der Waals surface area contributed by atoms with Crippen molar-refractivity contribution in [2.75, 3.05) is 32.7 Å². The molecular weight excluding hydrogens is 446 g/mol. The Morgan fingerprint density at radius 3 is 2.50 bits per heavy atom. The molecule has 2 aromatic heterocycles. The second-order valence-electron chi connectivity index (χ2n) is 11.3. The summed E-state index contributed by atoms with van der Waals surface area (Å²) in [7, 11) is 2.05. The van der Waals surface area contributed by atoms with Crippen molar-refractivity contribution in [3.8, 4) is 11.1 Å². The lowest BCUT2D eigenvalue weighted by Gasteiger charge is -2.32. The normalized spacial score (nSPS) is 18.3. The van der Waals surface area contributed by atoms with Crippen molar-refractivity contribution in [1.82, 2.24) is 24.6 Å². The quantitative estimate of drug-likeness (QED) is 0.442. The van der Waals surface area contributed by atoms with Crippen molar-refractivity contribution in [1.29, 1.82) is 0 Å². The van der Waals surface area contributed by atoms with Crippen molar-refractivity contribution in [3.63, 3.8) is 0 Å². The highest BCUT2D eigenvalue weighted by Crippen LogP contribution is 2.29. The number of hydrogen-bond acceptors (Lipinski definition) is 5. The van der Waals surface area contributed by atoms with E-state index < -0.39 is 0 Å². The molecule has 2 aliphatic heterocycles. The number of ketones is 1. The standard InChI is InChI=1S/C30H41N5O/c1-22(2)20-35-13-9-23(10-14-35)30(36)17-27-16-26-15-24(7-8-25(26)18-31-27)28-19-32-33(3)29(28)21-34-11-5-4-6-12-34/h7-8,15-16,18-19,22-23H,4-6,9-14,17,20-21H2,1-3H3. The van der Waals surface area contributed by atoms with Crippen LogP contribution >= 0.6 is 0 Å². The first kappa shape index (κ1) is 25.1. The summed E-state index contributed by atoms with van der Waals surface area (Å²) in [6.07, 6.45) is 10.2. The molecule has 0 bridgehead atoms. The number of hydrogen-bond donors (Lipinski definition) is 0. The van der Waals surface area contributed by atoms with Crippen molar-refractivity contribution < 1.29 is 4.79 Å². The smallest absolute Gasteiger partial charge is 0.142 e. The summed E-state index contributed by atoms with van der Waals surface area (Å²) in [6.45, 7) is 11.0. The van der Waals surface area contributed by atoms with Crippen molar-refractivity contribution >= 4 is 16.6 Å². The second kappa shape index (κ2) is 11.2. The van der Waals surface area contributed by atoms with Gasteiger partial charge >= 0.3 is 0 Å². The topological polar surface area (TPSA) is 54.3 Å². The number of aromatic nitrogens is 3. The Balaban J connectivity index is 1.30. The fraction of sp³-hybridized carbons (Fsp3) is 0.567. The number of aryl methyl sites for hydroxylation is 1. The van der Waals surface area contributed by atoms with Crippen LogP contribution in [-0.2, 0) is 24.8 Å². The molecule has 0 spiro atoms. The minimum absolute atomic E-state index is 0.171. The van der Waals surface area contributed by atoms with Gasteiger partial charge in [0.2, 0.25) is 0 Å². The summed E-state index contributed by atoms with van der Waals surface area (Å²) in [4.78, 5) is 22.8. The minimum Gasteiger partial charge on any atom is -0.303 e. The number of carbonyl (C=O) groups is 1. The van der Waals surface area contributed by atoms with E-state index in [1.807, 2.05) is 24.1 Å². The maximum Gasteiger partial charge on any atom is 0.142 e. The van der Waals surface area contributed by atoms with Gasteiger partial charge in [-0.1, -0.05) is 32.4 Å². The van der Waals surface area contributed by atoms with Gasteiger partial charge in [0.1, 0.15) is 5.78 Å². The number of pyridine rings is 1.